The van der Waals surface area contributed by atoms with E-state index < -0.39 is 23.7 Å². The second kappa shape index (κ2) is 9.84. The third kappa shape index (κ3) is 5.42. The van der Waals surface area contributed by atoms with Gasteiger partial charge in [0, 0.05) is 5.56 Å². The highest BCUT2D eigenvalue weighted by molar-refractivity contribution is 8.16. The van der Waals surface area contributed by atoms with E-state index in [1.54, 1.807) is 18.2 Å². The van der Waals surface area contributed by atoms with Crippen LogP contribution < -0.4 is 15.6 Å². The summed E-state index contributed by atoms with van der Waals surface area (Å²) in [6.45, 7) is 1.47. The maximum Gasteiger partial charge on any atom is 0.279 e. The zero-order chi connectivity index (χ0) is 19.9. The molecule has 1 atom stereocenters. The Morgan fingerprint density at radius 3 is 2.43 bits per heavy atom. The summed E-state index contributed by atoms with van der Waals surface area (Å²) in [5.74, 6) is 0.717. The molecule has 1 aliphatic heterocycles. The zero-order valence-electron chi connectivity index (χ0n) is 15.3. The summed E-state index contributed by atoms with van der Waals surface area (Å²) >= 11 is 3.83. The third-order valence-corrected chi connectivity index (χ3v) is 7.10. The first kappa shape index (κ1) is 20.5. The minimum atomic E-state index is -0.972. The summed E-state index contributed by atoms with van der Waals surface area (Å²) in [6, 6.07) is 13.2. The highest BCUT2D eigenvalue weighted by atomic mass is 32.2. The molecule has 0 unspecified atom stereocenters. The van der Waals surface area contributed by atoms with Gasteiger partial charge in [0.1, 0.15) is 0 Å². The van der Waals surface area contributed by atoms with Crippen molar-refractivity contribution in [2.75, 3.05) is 11.5 Å². The molecule has 8 heteroatoms. The van der Waals surface area contributed by atoms with Crippen LogP contribution in [-0.4, -0.2) is 29.4 Å². The van der Waals surface area contributed by atoms with Gasteiger partial charge in [-0.1, -0.05) is 24.3 Å². The Morgan fingerprint density at radius 2 is 1.75 bits per heavy atom. The first-order valence-corrected chi connectivity index (χ1v) is 11.0. The van der Waals surface area contributed by atoms with E-state index in [1.807, 2.05) is 35.7 Å². The minimum Gasteiger partial charge on any atom is -0.478 e. The second-order valence-corrected chi connectivity index (χ2v) is 8.91. The standard InChI is InChI=1S/C20H21FN2O3S2/c1-13(26-17-6-3-2-5-16(17)21)18(24)22-23-19(25)14-7-9-15(10-8-14)20-27-11-4-12-28-20/h2-3,5-10,13,20H,4,11-12H2,1H3,(H,22,24)(H,23,25)/t13-/m1/s1. The van der Waals surface area contributed by atoms with Gasteiger partial charge in [-0.3, -0.25) is 20.4 Å². The summed E-state index contributed by atoms with van der Waals surface area (Å²) in [7, 11) is 0. The SMILES string of the molecule is C[C@@H](Oc1ccccc1F)C(=O)NNC(=O)c1ccc(C2SCCCS2)cc1. The lowest BCUT2D eigenvalue weighted by molar-refractivity contribution is -0.128. The number of hydrogen-bond donors (Lipinski definition) is 2. The molecule has 0 bridgehead atoms. The molecular formula is C20H21FN2O3S2. The van der Waals surface area contributed by atoms with Gasteiger partial charge in [-0.05, 0) is 54.7 Å². The Labute approximate surface area is 171 Å². The molecule has 5 nitrogen and oxygen atoms in total. The maximum absolute atomic E-state index is 13.6. The van der Waals surface area contributed by atoms with Crippen molar-refractivity contribution in [3.8, 4) is 5.75 Å². The van der Waals surface area contributed by atoms with Crippen LogP contribution in [0.3, 0.4) is 0 Å². The number of benzene rings is 2. The van der Waals surface area contributed by atoms with E-state index in [0.29, 0.717) is 10.1 Å². The lowest BCUT2D eigenvalue weighted by Gasteiger charge is -2.21. The van der Waals surface area contributed by atoms with E-state index in [0.717, 1.165) is 11.5 Å². The van der Waals surface area contributed by atoms with Crippen molar-refractivity contribution >= 4 is 35.3 Å². The molecule has 0 aliphatic carbocycles. The van der Waals surface area contributed by atoms with Crippen molar-refractivity contribution in [1.29, 1.82) is 0 Å². The van der Waals surface area contributed by atoms with Gasteiger partial charge < -0.3 is 4.74 Å². The number of nitrogens with one attached hydrogen (secondary N) is 2. The van der Waals surface area contributed by atoms with E-state index in [1.165, 1.54) is 37.1 Å². The molecule has 148 valence electrons. The molecule has 2 aromatic carbocycles. The summed E-state index contributed by atoms with van der Waals surface area (Å²) in [4.78, 5) is 24.3. The van der Waals surface area contributed by atoms with Crippen LogP contribution in [-0.2, 0) is 4.79 Å². The normalized spacial score (nSPS) is 15.5. The van der Waals surface area contributed by atoms with Crippen molar-refractivity contribution in [1.82, 2.24) is 10.9 Å². The van der Waals surface area contributed by atoms with Gasteiger partial charge in [0.15, 0.2) is 17.7 Å². The molecule has 0 radical (unpaired) electrons. The Kier molecular flexibility index (Phi) is 7.22. The Hall–Kier alpha value is -2.19. The van der Waals surface area contributed by atoms with Gasteiger partial charge in [-0.15, -0.1) is 23.5 Å². The number of rotatable bonds is 5. The third-order valence-electron chi connectivity index (χ3n) is 4.08. The van der Waals surface area contributed by atoms with E-state index in [2.05, 4.69) is 10.9 Å². The number of para-hydroxylation sites is 1. The summed E-state index contributed by atoms with van der Waals surface area (Å²) < 4.78 is 19.3. The largest absolute Gasteiger partial charge is 0.478 e. The summed E-state index contributed by atoms with van der Waals surface area (Å²) in [5.41, 5.74) is 6.29. The topological polar surface area (TPSA) is 67.4 Å². The van der Waals surface area contributed by atoms with Crippen LogP contribution in [0.15, 0.2) is 48.5 Å². The van der Waals surface area contributed by atoms with Crippen LogP contribution >= 0.6 is 23.5 Å². The second-order valence-electron chi connectivity index (χ2n) is 6.18. The fraction of sp³-hybridized carbons (Fsp3) is 0.300. The number of hydrogen-bond acceptors (Lipinski definition) is 5. The molecule has 3 rings (SSSR count). The number of halogens is 1. The van der Waals surface area contributed by atoms with Crippen LogP contribution in [0.5, 0.6) is 5.75 Å². The number of ether oxygens (including phenoxy) is 1. The molecule has 2 aromatic rings. The fourth-order valence-corrected chi connectivity index (χ4v) is 5.44. The molecule has 1 fully saturated rings. The molecule has 0 spiro atoms. The molecular weight excluding hydrogens is 399 g/mol. The van der Waals surface area contributed by atoms with Crippen LogP contribution in [0.1, 0.15) is 33.8 Å². The van der Waals surface area contributed by atoms with Gasteiger partial charge in [-0.2, -0.15) is 0 Å². The average Bonchev–Trinajstić information content (AvgIpc) is 2.74. The van der Waals surface area contributed by atoms with Gasteiger partial charge in [0.2, 0.25) is 0 Å². The number of thioether (sulfide) groups is 2. The van der Waals surface area contributed by atoms with Gasteiger partial charge in [-0.25, -0.2) is 4.39 Å². The highest BCUT2D eigenvalue weighted by Crippen LogP contribution is 2.43. The van der Waals surface area contributed by atoms with E-state index in [4.69, 9.17) is 4.74 Å². The van der Waals surface area contributed by atoms with Crippen molar-refractivity contribution in [3.63, 3.8) is 0 Å². The molecule has 28 heavy (non-hydrogen) atoms. The van der Waals surface area contributed by atoms with Crippen molar-refractivity contribution in [3.05, 3.63) is 65.5 Å². The van der Waals surface area contributed by atoms with Crippen molar-refractivity contribution < 1.29 is 18.7 Å². The smallest absolute Gasteiger partial charge is 0.279 e. The number of hydrazine groups is 1. The van der Waals surface area contributed by atoms with E-state index in [-0.39, 0.29) is 5.75 Å². The molecule has 1 saturated heterocycles. The van der Waals surface area contributed by atoms with E-state index in [9.17, 15) is 14.0 Å². The van der Waals surface area contributed by atoms with Gasteiger partial charge >= 0.3 is 0 Å². The van der Waals surface area contributed by atoms with Crippen LogP contribution in [0.25, 0.3) is 0 Å². The van der Waals surface area contributed by atoms with Gasteiger partial charge in [0.25, 0.3) is 11.8 Å². The number of carbonyl (C=O) groups excluding carboxylic acids is 2. The number of carbonyl (C=O) groups is 2. The molecule has 0 aromatic heterocycles. The lowest BCUT2D eigenvalue weighted by atomic mass is 10.1. The fourth-order valence-electron chi connectivity index (χ4n) is 2.55. The summed E-state index contributed by atoms with van der Waals surface area (Å²) in [6.07, 6.45) is 0.255. The Bertz CT molecular complexity index is 826. The quantitative estimate of drug-likeness (QED) is 0.718. The first-order chi connectivity index (χ1) is 13.5. The molecule has 0 saturated carbocycles. The lowest BCUT2D eigenvalue weighted by Crippen LogP contribution is -2.47. The predicted molar refractivity (Wildman–Crippen MR) is 111 cm³/mol. The first-order valence-electron chi connectivity index (χ1n) is 8.89. The predicted octanol–water partition coefficient (Wildman–Crippen LogP) is 3.92. The highest BCUT2D eigenvalue weighted by Gasteiger charge is 2.19. The minimum absolute atomic E-state index is 0.0227. The van der Waals surface area contributed by atoms with Gasteiger partial charge in [0.05, 0.1) is 4.58 Å². The monoisotopic (exact) mass is 420 g/mol. The summed E-state index contributed by atoms with van der Waals surface area (Å²) in [5, 5.41) is 0. The van der Waals surface area contributed by atoms with Crippen molar-refractivity contribution in [2.24, 2.45) is 0 Å². The van der Waals surface area contributed by atoms with Crippen molar-refractivity contribution in [2.45, 2.75) is 24.0 Å². The van der Waals surface area contributed by atoms with Crippen LogP contribution in [0.2, 0.25) is 0 Å². The molecule has 1 aliphatic rings. The Balaban J connectivity index is 1.50. The number of amides is 2. The zero-order valence-corrected chi connectivity index (χ0v) is 16.9. The average molecular weight is 421 g/mol. The molecule has 2 N–H and O–H groups in total. The molecule has 2 amide bonds. The Morgan fingerprint density at radius 1 is 1.07 bits per heavy atom. The molecule has 1 heterocycles. The maximum atomic E-state index is 13.6. The van der Waals surface area contributed by atoms with Crippen LogP contribution in [0, 0.1) is 5.82 Å². The van der Waals surface area contributed by atoms with E-state index >= 15 is 0 Å². The van der Waals surface area contributed by atoms with Crippen LogP contribution in [0.4, 0.5) is 4.39 Å².